The molecule has 9 nitrogen and oxygen atoms in total. The van der Waals surface area contributed by atoms with Crippen molar-refractivity contribution in [2.75, 3.05) is 23.7 Å². The SMILES string of the molecule is CCN1CC(C(=O)Nc2cc(Nc3ncc(-c4ccc(O)cc4)cn3)cnc2C)CCC1=O. The number of phenolic OH excluding ortho intramolecular Hbond substituents is 1. The zero-order chi connectivity index (χ0) is 23.4. The molecule has 33 heavy (non-hydrogen) atoms. The molecule has 4 rings (SSSR count). The van der Waals surface area contributed by atoms with Gasteiger partial charge in [-0.3, -0.25) is 14.6 Å². The van der Waals surface area contributed by atoms with Crippen LogP contribution in [-0.4, -0.2) is 49.9 Å². The Morgan fingerprint density at radius 1 is 1.12 bits per heavy atom. The van der Waals surface area contributed by atoms with Gasteiger partial charge in [-0.05, 0) is 44.0 Å². The summed E-state index contributed by atoms with van der Waals surface area (Å²) in [6, 6.07) is 8.60. The van der Waals surface area contributed by atoms with Crippen molar-refractivity contribution in [3.05, 3.63) is 54.6 Å². The number of piperidine rings is 1. The molecule has 1 unspecified atom stereocenters. The number of phenols is 1. The predicted octanol–water partition coefficient (Wildman–Crippen LogP) is 3.49. The van der Waals surface area contributed by atoms with Crippen molar-refractivity contribution in [3.63, 3.8) is 0 Å². The highest BCUT2D eigenvalue weighted by Crippen LogP contribution is 2.25. The van der Waals surface area contributed by atoms with Gasteiger partial charge in [-0.1, -0.05) is 12.1 Å². The second kappa shape index (κ2) is 9.64. The number of benzene rings is 1. The molecule has 1 aromatic carbocycles. The number of nitrogens with zero attached hydrogens (tertiary/aromatic N) is 4. The maximum absolute atomic E-state index is 12.8. The third-order valence-corrected chi connectivity index (χ3v) is 5.71. The van der Waals surface area contributed by atoms with Crippen LogP contribution >= 0.6 is 0 Å². The highest BCUT2D eigenvalue weighted by Gasteiger charge is 2.29. The fourth-order valence-corrected chi connectivity index (χ4v) is 3.72. The van der Waals surface area contributed by atoms with Gasteiger partial charge < -0.3 is 20.6 Å². The molecule has 1 aliphatic rings. The smallest absolute Gasteiger partial charge is 0.229 e. The van der Waals surface area contributed by atoms with Gasteiger partial charge in [0.05, 0.1) is 29.2 Å². The summed E-state index contributed by atoms with van der Waals surface area (Å²) in [5, 5.41) is 15.5. The number of amides is 2. The summed E-state index contributed by atoms with van der Waals surface area (Å²) < 4.78 is 0. The molecule has 9 heteroatoms. The highest BCUT2D eigenvalue weighted by atomic mass is 16.3. The molecule has 1 fully saturated rings. The summed E-state index contributed by atoms with van der Waals surface area (Å²) in [4.78, 5) is 39.5. The Labute approximate surface area is 191 Å². The minimum absolute atomic E-state index is 0.0991. The van der Waals surface area contributed by atoms with Crippen molar-refractivity contribution >= 4 is 29.1 Å². The van der Waals surface area contributed by atoms with Gasteiger partial charge in [-0.2, -0.15) is 0 Å². The molecule has 0 aliphatic carbocycles. The average molecular weight is 447 g/mol. The topological polar surface area (TPSA) is 120 Å². The Kier molecular flexibility index (Phi) is 6.48. The number of aryl methyl sites for hydroxylation is 1. The van der Waals surface area contributed by atoms with Crippen LogP contribution in [0.15, 0.2) is 48.9 Å². The molecule has 2 aromatic heterocycles. The van der Waals surface area contributed by atoms with Crippen LogP contribution in [0, 0.1) is 12.8 Å². The van der Waals surface area contributed by atoms with Crippen LogP contribution < -0.4 is 10.6 Å². The lowest BCUT2D eigenvalue weighted by Gasteiger charge is -2.31. The number of pyridine rings is 1. The Bertz CT molecular complexity index is 1150. The third kappa shape index (κ3) is 5.25. The summed E-state index contributed by atoms with van der Waals surface area (Å²) in [7, 11) is 0. The Hall–Kier alpha value is -4.01. The van der Waals surface area contributed by atoms with Crippen molar-refractivity contribution in [1.29, 1.82) is 0 Å². The molecule has 3 N–H and O–H groups in total. The minimum atomic E-state index is -0.241. The van der Waals surface area contributed by atoms with Gasteiger partial charge in [-0.25, -0.2) is 9.97 Å². The monoisotopic (exact) mass is 446 g/mol. The van der Waals surface area contributed by atoms with Crippen LogP contribution in [0.5, 0.6) is 5.75 Å². The van der Waals surface area contributed by atoms with E-state index in [0.717, 1.165) is 11.1 Å². The van der Waals surface area contributed by atoms with Crippen LogP contribution in [0.3, 0.4) is 0 Å². The van der Waals surface area contributed by atoms with Gasteiger partial charge in [0, 0.05) is 37.5 Å². The van der Waals surface area contributed by atoms with E-state index in [2.05, 4.69) is 25.6 Å². The molecule has 1 saturated heterocycles. The fraction of sp³-hybridized carbons (Fsp3) is 0.292. The van der Waals surface area contributed by atoms with E-state index >= 15 is 0 Å². The summed E-state index contributed by atoms with van der Waals surface area (Å²) in [6.07, 6.45) is 5.97. The molecule has 2 amide bonds. The first-order valence-corrected chi connectivity index (χ1v) is 10.9. The lowest BCUT2D eigenvalue weighted by atomic mass is 9.96. The van der Waals surface area contributed by atoms with E-state index in [9.17, 15) is 14.7 Å². The first-order valence-electron chi connectivity index (χ1n) is 10.9. The quantitative estimate of drug-likeness (QED) is 0.530. The fourth-order valence-electron chi connectivity index (χ4n) is 3.72. The lowest BCUT2D eigenvalue weighted by molar-refractivity contribution is -0.136. The van der Waals surface area contributed by atoms with Crippen LogP contribution in [0.2, 0.25) is 0 Å². The highest BCUT2D eigenvalue weighted by molar-refractivity contribution is 5.95. The first-order chi connectivity index (χ1) is 15.9. The maximum atomic E-state index is 12.8. The maximum Gasteiger partial charge on any atom is 0.229 e. The number of rotatable bonds is 6. The number of hydrogen-bond acceptors (Lipinski definition) is 7. The molecule has 170 valence electrons. The number of likely N-dealkylation sites (tertiary alicyclic amines) is 1. The lowest BCUT2D eigenvalue weighted by Crippen LogP contribution is -2.43. The first kappa shape index (κ1) is 22.2. The second-order valence-corrected chi connectivity index (χ2v) is 7.98. The molecule has 0 radical (unpaired) electrons. The van der Waals surface area contributed by atoms with Gasteiger partial charge in [0.25, 0.3) is 0 Å². The van der Waals surface area contributed by atoms with Crippen LogP contribution in [0.1, 0.15) is 25.5 Å². The molecular formula is C24H26N6O3. The molecule has 0 spiro atoms. The molecule has 3 aromatic rings. The number of hydrogen-bond donors (Lipinski definition) is 3. The second-order valence-electron chi connectivity index (χ2n) is 7.98. The average Bonchev–Trinajstić information content (AvgIpc) is 2.82. The summed E-state index contributed by atoms with van der Waals surface area (Å²) >= 11 is 0. The van der Waals surface area contributed by atoms with E-state index in [0.29, 0.717) is 48.9 Å². The number of carbonyl (C=O) groups is 2. The third-order valence-electron chi connectivity index (χ3n) is 5.71. The van der Waals surface area contributed by atoms with E-state index in [1.807, 2.05) is 13.8 Å². The molecule has 0 bridgehead atoms. The Balaban J connectivity index is 1.43. The predicted molar refractivity (Wildman–Crippen MR) is 125 cm³/mol. The number of aromatic nitrogens is 3. The minimum Gasteiger partial charge on any atom is -0.508 e. The number of nitrogens with one attached hydrogen (secondary N) is 2. The number of carbonyl (C=O) groups excluding carboxylic acids is 2. The van der Waals surface area contributed by atoms with Gasteiger partial charge >= 0.3 is 0 Å². The molecule has 1 atom stereocenters. The van der Waals surface area contributed by atoms with Crippen LogP contribution in [0.25, 0.3) is 11.1 Å². The zero-order valence-corrected chi connectivity index (χ0v) is 18.6. The van der Waals surface area contributed by atoms with Crippen molar-refractivity contribution < 1.29 is 14.7 Å². The number of anilines is 3. The van der Waals surface area contributed by atoms with Gasteiger partial charge in [0.15, 0.2) is 0 Å². The molecule has 3 heterocycles. The van der Waals surface area contributed by atoms with E-state index in [1.165, 1.54) is 0 Å². The zero-order valence-electron chi connectivity index (χ0n) is 18.6. The van der Waals surface area contributed by atoms with Crippen LogP contribution in [0.4, 0.5) is 17.3 Å². The molecule has 1 aliphatic heterocycles. The van der Waals surface area contributed by atoms with Crippen molar-refractivity contribution in [1.82, 2.24) is 19.9 Å². The summed E-state index contributed by atoms with van der Waals surface area (Å²) in [5.74, 6) is 0.339. The van der Waals surface area contributed by atoms with E-state index in [1.54, 1.807) is 53.8 Å². The molecular weight excluding hydrogens is 420 g/mol. The van der Waals surface area contributed by atoms with Gasteiger partial charge in [0.2, 0.25) is 17.8 Å². The summed E-state index contributed by atoms with van der Waals surface area (Å²) in [6.45, 7) is 4.78. The largest absolute Gasteiger partial charge is 0.508 e. The van der Waals surface area contributed by atoms with E-state index < -0.39 is 0 Å². The summed E-state index contributed by atoms with van der Waals surface area (Å²) in [5.41, 5.74) is 3.65. The van der Waals surface area contributed by atoms with Crippen LogP contribution in [-0.2, 0) is 9.59 Å². The van der Waals surface area contributed by atoms with Crippen molar-refractivity contribution in [2.24, 2.45) is 5.92 Å². The van der Waals surface area contributed by atoms with Gasteiger partial charge in [-0.15, -0.1) is 0 Å². The van der Waals surface area contributed by atoms with E-state index in [-0.39, 0.29) is 23.5 Å². The van der Waals surface area contributed by atoms with Gasteiger partial charge in [0.1, 0.15) is 5.75 Å². The normalized spacial score (nSPS) is 15.9. The van der Waals surface area contributed by atoms with Crippen molar-refractivity contribution in [2.45, 2.75) is 26.7 Å². The Morgan fingerprint density at radius 3 is 2.55 bits per heavy atom. The Morgan fingerprint density at radius 2 is 1.85 bits per heavy atom. The molecule has 0 saturated carbocycles. The van der Waals surface area contributed by atoms with Crippen molar-refractivity contribution in [3.8, 4) is 16.9 Å². The van der Waals surface area contributed by atoms with E-state index in [4.69, 9.17) is 0 Å². The standard InChI is InChI=1S/C24H26N6O3/c1-3-30-14-17(6-9-22(30)32)23(33)29-21-10-19(13-25-15(21)2)28-24-26-11-18(12-27-24)16-4-7-20(31)8-5-16/h4-5,7-8,10-13,17,31H,3,6,9,14H2,1-2H3,(H,29,33)(H,26,27,28). The number of aromatic hydroxyl groups is 1.